The first-order chi connectivity index (χ1) is 14.4. The van der Waals surface area contributed by atoms with Crippen LogP contribution in [0.3, 0.4) is 0 Å². The molecule has 0 heterocycles. The summed E-state index contributed by atoms with van der Waals surface area (Å²) in [6.07, 6.45) is 1.48. The molecule has 0 unspecified atom stereocenters. The van der Waals surface area contributed by atoms with E-state index in [0.717, 1.165) is 10.0 Å². The highest BCUT2D eigenvalue weighted by atomic mass is 79.9. The van der Waals surface area contributed by atoms with Crippen LogP contribution in [0.5, 0.6) is 5.75 Å². The van der Waals surface area contributed by atoms with Crippen molar-refractivity contribution < 1.29 is 9.53 Å². The molecule has 3 aromatic carbocycles. The molecule has 150 valence electrons. The highest BCUT2D eigenvalue weighted by Crippen LogP contribution is 2.27. The van der Waals surface area contributed by atoms with Gasteiger partial charge in [-0.05, 0) is 65.7 Å². The molecule has 3 aromatic rings. The zero-order valence-electron chi connectivity index (χ0n) is 15.5. The van der Waals surface area contributed by atoms with Crippen LogP contribution in [0.4, 0.5) is 5.69 Å². The number of nitriles is 1. The Kier molecular flexibility index (Phi) is 7.53. The molecule has 0 spiro atoms. The Labute approximate surface area is 192 Å². The van der Waals surface area contributed by atoms with E-state index in [1.54, 1.807) is 54.6 Å². The van der Waals surface area contributed by atoms with Crippen LogP contribution >= 0.6 is 39.1 Å². The van der Waals surface area contributed by atoms with Crippen molar-refractivity contribution in [2.45, 2.75) is 6.61 Å². The predicted octanol–water partition coefficient (Wildman–Crippen LogP) is 6.88. The Morgan fingerprint density at radius 2 is 1.77 bits per heavy atom. The summed E-state index contributed by atoms with van der Waals surface area (Å²) < 4.78 is 6.63. The molecule has 3 rings (SSSR count). The average molecular weight is 502 g/mol. The van der Waals surface area contributed by atoms with Crippen LogP contribution in [0.2, 0.25) is 10.0 Å². The SMILES string of the molecule is N#C/C(=C\c1ccc(OCc2ccc(Cl)cc2)c(Cl)c1)C(=O)Nc1ccc(Br)cc1. The van der Waals surface area contributed by atoms with Gasteiger partial charge in [0.1, 0.15) is 24.0 Å². The minimum Gasteiger partial charge on any atom is -0.487 e. The topological polar surface area (TPSA) is 62.1 Å². The lowest BCUT2D eigenvalue weighted by Gasteiger charge is -2.09. The highest BCUT2D eigenvalue weighted by molar-refractivity contribution is 9.10. The van der Waals surface area contributed by atoms with Crippen molar-refractivity contribution in [2.75, 3.05) is 5.32 Å². The maximum Gasteiger partial charge on any atom is 0.266 e. The second-order valence-corrected chi connectivity index (χ2v) is 8.00. The van der Waals surface area contributed by atoms with Gasteiger partial charge in [-0.3, -0.25) is 4.79 Å². The number of nitrogens with zero attached hydrogens (tertiary/aromatic N) is 1. The monoisotopic (exact) mass is 500 g/mol. The lowest BCUT2D eigenvalue weighted by Crippen LogP contribution is -2.13. The van der Waals surface area contributed by atoms with E-state index >= 15 is 0 Å². The molecule has 0 saturated heterocycles. The Balaban J connectivity index is 1.69. The molecular formula is C23H15BrCl2N2O2. The molecule has 0 atom stereocenters. The van der Waals surface area contributed by atoms with Crippen LogP contribution < -0.4 is 10.1 Å². The van der Waals surface area contributed by atoms with Crippen LogP contribution in [0.25, 0.3) is 6.08 Å². The van der Waals surface area contributed by atoms with E-state index in [2.05, 4.69) is 21.2 Å². The van der Waals surface area contributed by atoms with Crippen molar-refractivity contribution in [1.29, 1.82) is 5.26 Å². The first kappa shape index (κ1) is 21.9. The van der Waals surface area contributed by atoms with E-state index < -0.39 is 5.91 Å². The molecule has 7 heteroatoms. The van der Waals surface area contributed by atoms with Gasteiger partial charge in [-0.15, -0.1) is 0 Å². The first-order valence-electron chi connectivity index (χ1n) is 8.80. The number of halogens is 3. The third-order valence-electron chi connectivity index (χ3n) is 4.04. The van der Waals surface area contributed by atoms with Crippen molar-refractivity contribution in [3.63, 3.8) is 0 Å². The predicted molar refractivity (Wildman–Crippen MR) is 124 cm³/mol. The van der Waals surface area contributed by atoms with Crippen LogP contribution in [-0.2, 0) is 11.4 Å². The number of nitrogens with one attached hydrogen (secondary N) is 1. The maximum absolute atomic E-state index is 12.4. The van der Waals surface area contributed by atoms with Gasteiger partial charge in [-0.25, -0.2) is 0 Å². The summed E-state index contributed by atoms with van der Waals surface area (Å²) in [7, 11) is 0. The third kappa shape index (κ3) is 6.11. The number of hydrogen-bond acceptors (Lipinski definition) is 3. The highest BCUT2D eigenvalue weighted by Gasteiger charge is 2.11. The average Bonchev–Trinajstić information content (AvgIpc) is 2.74. The second-order valence-electron chi connectivity index (χ2n) is 6.24. The summed E-state index contributed by atoms with van der Waals surface area (Å²) in [6, 6.07) is 21.4. The summed E-state index contributed by atoms with van der Waals surface area (Å²) in [5.74, 6) is 0.000554. The van der Waals surface area contributed by atoms with Gasteiger partial charge in [-0.2, -0.15) is 5.26 Å². The van der Waals surface area contributed by atoms with E-state index in [4.69, 9.17) is 27.9 Å². The normalized spacial score (nSPS) is 10.9. The Hall–Kier alpha value is -2.78. The fraction of sp³-hybridized carbons (Fsp3) is 0.0435. The number of rotatable bonds is 6. The van der Waals surface area contributed by atoms with Crippen LogP contribution in [0.1, 0.15) is 11.1 Å². The number of anilines is 1. The van der Waals surface area contributed by atoms with Gasteiger partial charge in [0.2, 0.25) is 0 Å². The molecule has 0 radical (unpaired) electrons. The van der Waals surface area contributed by atoms with E-state index in [9.17, 15) is 10.1 Å². The van der Waals surface area contributed by atoms with Gasteiger partial charge < -0.3 is 10.1 Å². The fourth-order valence-electron chi connectivity index (χ4n) is 2.51. The molecule has 30 heavy (non-hydrogen) atoms. The molecule has 0 aromatic heterocycles. The van der Waals surface area contributed by atoms with Gasteiger partial charge >= 0.3 is 0 Å². The van der Waals surface area contributed by atoms with Gasteiger partial charge in [0.15, 0.2) is 0 Å². The van der Waals surface area contributed by atoms with Crippen LogP contribution in [-0.4, -0.2) is 5.91 Å². The number of carbonyl (C=O) groups is 1. The smallest absolute Gasteiger partial charge is 0.266 e. The van der Waals surface area contributed by atoms with Gasteiger partial charge in [0.05, 0.1) is 5.02 Å². The summed E-state index contributed by atoms with van der Waals surface area (Å²) in [4.78, 5) is 12.4. The minimum absolute atomic E-state index is 0.0381. The lowest BCUT2D eigenvalue weighted by atomic mass is 10.1. The number of ether oxygens (including phenoxy) is 1. The molecule has 0 aliphatic heterocycles. The van der Waals surface area contributed by atoms with E-state index in [1.807, 2.05) is 18.2 Å². The van der Waals surface area contributed by atoms with Crippen molar-refractivity contribution in [1.82, 2.24) is 0 Å². The maximum atomic E-state index is 12.4. The molecule has 0 saturated carbocycles. The van der Waals surface area contributed by atoms with Gasteiger partial charge in [-0.1, -0.05) is 57.3 Å². The summed E-state index contributed by atoms with van der Waals surface area (Å²) >= 11 is 15.5. The largest absolute Gasteiger partial charge is 0.487 e. The van der Waals surface area contributed by atoms with Crippen molar-refractivity contribution in [3.05, 3.63) is 97.9 Å². The number of amides is 1. The Morgan fingerprint density at radius 3 is 2.40 bits per heavy atom. The first-order valence-corrected chi connectivity index (χ1v) is 10.3. The minimum atomic E-state index is -0.501. The van der Waals surface area contributed by atoms with E-state index in [-0.39, 0.29) is 5.57 Å². The third-order valence-corrected chi connectivity index (χ3v) is 5.12. The zero-order valence-corrected chi connectivity index (χ0v) is 18.6. The molecule has 0 bridgehead atoms. The van der Waals surface area contributed by atoms with Crippen LogP contribution in [0, 0.1) is 11.3 Å². The molecule has 4 nitrogen and oxygen atoms in total. The summed E-state index contributed by atoms with van der Waals surface area (Å²) in [5, 5.41) is 13.1. The van der Waals surface area contributed by atoms with Gasteiger partial charge in [0.25, 0.3) is 5.91 Å². The van der Waals surface area contributed by atoms with Gasteiger partial charge in [0, 0.05) is 15.2 Å². The standard InChI is InChI=1S/C23H15BrCl2N2O2/c24-18-4-8-20(9-5-18)28-23(29)17(13-27)11-16-3-10-22(21(26)12-16)30-14-15-1-6-19(25)7-2-15/h1-12H,14H2,(H,28,29)/b17-11+. The number of carbonyl (C=O) groups excluding carboxylic acids is 1. The van der Waals surface area contributed by atoms with E-state index in [0.29, 0.717) is 33.7 Å². The number of hydrogen-bond donors (Lipinski definition) is 1. The molecule has 0 fully saturated rings. The van der Waals surface area contributed by atoms with Crippen molar-refractivity contribution in [2.24, 2.45) is 0 Å². The Morgan fingerprint density at radius 1 is 1.07 bits per heavy atom. The number of benzene rings is 3. The van der Waals surface area contributed by atoms with Crippen LogP contribution in [0.15, 0.2) is 76.8 Å². The molecule has 1 N–H and O–H groups in total. The zero-order chi connectivity index (χ0) is 21.5. The molecular weight excluding hydrogens is 487 g/mol. The van der Waals surface area contributed by atoms with Crippen molar-refractivity contribution in [3.8, 4) is 11.8 Å². The fourth-order valence-corrected chi connectivity index (χ4v) is 3.15. The molecule has 0 aliphatic rings. The molecule has 1 amide bonds. The molecule has 0 aliphatic carbocycles. The summed E-state index contributed by atoms with van der Waals surface area (Å²) in [5.41, 5.74) is 2.12. The summed E-state index contributed by atoms with van der Waals surface area (Å²) in [6.45, 7) is 0.338. The Bertz CT molecular complexity index is 1120. The quantitative estimate of drug-likeness (QED) is 0.295. The van der Waals surface area contributed by atoms with E-state index in [1.165, 1.54) is 6.08 Å². The lowest BCUT2D eigenvalue weighted by molar-refractivity contribution is -0.112. The second kappa shape index (κ2) is 10.3. The van der Waals surface area contributed by atoms with Crippen molar-refractivity contribution >= 4 is 56.8 Å².